The maximum absolute atomic E-state index is 12.4. The molecule has 0 aromatic heterocycles. The lowest BCUT2D eigenvalue weighted by Crippen LogP contribution is -2.32. The highest BCUT2D eigenvalue weighted by molar-refractivity contribution is 7.93. The van der Waals surface area contributed by atoms with Crippen LogP contribution >= 0.6 is 0 Å². The van der Waals surface area contributed by atoms with Gasteiger partial charge >= 0.3 is 0 Å². The number of nitrogens with zero attached hydrogens (tertiary/aromatic N) is 1. The van der Waals surface area contributed by atoms with Crippen LogP contribution in [0.15, 0.2) is 18.2 Å². The van der Waals surface area contributed by atoms with Gasteiger partial charge in [-0.3, -0.25) is 4.31 Å². The first-order valence-electron chi connectivity index (χ1n) is 6.77. The maximum Gasteiger partial charge on any atom is 0.237 e. The first kappa shape index (κ1) is 14.9. The van der Waals surface area contributed by atoms with Gasteiger partial charge in [-0.25, -0.2) is 8.42 Å². The van der Waals surface area contributed by atoms with E-state index in [2.05, 4.69) is 26.7 Å². The predicted octanol–water partition coefficient (Wildman–Crippen LogP) is 2.89. The molecule has 1 aromatic rings. The second-order valence-electron chi connectivity index (χ2n) is 6.34. The molecule has 0 N–H and O–H groups in total. The molecule has 0 atom stereocenters. The Morgan fingerprint density at radius 1 is 1.30 bits per heavy atom. The Kier molecular flexibility index (Phi) is 3.60. The fraction of sp³-hybridized carbons (Fsp3) is 0.500. The van der Waals surface area contributed by atoms with Crippen molar-refractivity contribution < 1.29 is 8.42 Å². The van der Waals surface area contributed by atoms with Crippen molar-refractivity contribution in [3.63, 3.8) is 0 Å². The first-order chi connectivity index (χ1) is 9.17. The lowest BCUT2D eigenvalue weighted by Gasteiger charge is -2.28. The highest BCUT2D eigenvalue weighted by atomic mass is 32.2. The summed E-state index contributed by atoms with van der Waals surface area (Å²) in [5.74, 6) is 2.58. The Labute approximate surface area is 122 Å². The summed E-state index contributed by atoms with van der Waals surface area (Å²) in [5.41, 5.74) is 2.24. The third-order valence-corrected chi connectivity index (χ3v) is 5.91. The summed E-state index contributed by atoms with van der Waals surface area (Å²) in [5, 5.41) is -0.227. The van der Waals surface area contributed by atoms with E-state index in [9.17, 15) is 8.42 Å². The van der Waals surface area contributed by atoms with Crippen molar-refractivity contribution in [3.05, 3.63) is 29.3 Å². The van der Waals surface area contributed by atoms with Crippen molar-refractivity contribution in [2.45, 2.75) is 44.3 Å². The van der Waals surface area contributed by atoms with E-state index in [4.69, 9.17) is 6.42 Å². The number of terminal acetylenes is 1. The quantitative estimate of drug-likeness (QED) is 0.803. The van der Waals surface area contributed by atoms with Gasteiger partial charge in [0.1, 0.15) is 0 Å². The molecule has 1 aliphatic rings. The number of rotatable bonds is 3. The van der Waals surface area contributed by atoms with Crippen molar-refractivity contribution in [1.82, 2.24) is 0 Å². The Morgan fingerprint density at radius 3 is 2.35 bits per heavy atom. The Morgan fingerprint density at radius 2 is 1.90 bits per heavy atom. The third kappa shape index (κ3) is 2.69. The highest BCUT2D eigenvalue weighted by Gasteiger charge is 2.39. The molecule has 0 radical (unpaired) electrons. The lowest BCUT2D eigenvalue weighted by atomic mass is 9.85. The summed E-state index contributed by atoms with van der Waals surface area (Å²) in [6.07, 6.45) is 6.95. The normalized spacial score (nSPS) is 15.8. The van der Waals surface area contributed by atoms with Crippen LogP contribution < -0.4 is 4.31 Å². The third-order valence-electron chi connectivity index (χ3n) is 3.64. The molecule has 2 rings (SSSR count). The summed E-state index contributed by atoms with van der Waals surface area (Å²) in [4.78, 5) is 0. The molecule has 4 heteroatoms. The van der Waals surface area contributed by atoms with E-state index in [1.807, 2.05) is 12.1 Å². The number of sulfonamides is 1. The van der Waals surface area contributed by atoms with Crippen molar-refractivity contribution >= 4 is 15.7 Å². The molecule has 0 aliphatic heterocycles. The van der Waals surface area contributed by atoms with Crippen LogP contribution in [0.1, 0.15) is 44.7 Å². The smallest absolute Gasteiger partial charge is 0.237 e. The number of hydrogen-bond donors (Lipinski definition) is 0. The van der Waals surface area contributed by atoms with Gasteiger partial charge in [-0.1, -0.05) is 32.8 Å². The molecule has 0 saturated heterocycles. The van der Waals surface area contributed by atoms with E-state index in [0.717, 1.165) is 18.4 Å². The van der Waals surface area contributed by atoms with Crippen LogP contribution in [0.25, 0.3) is 0 Å². The molecule has 1 saturated carbocycles. The standard InChI is InChI=1S/C16H21NO2S/c1-6-12-7-10-14(16(2,3)4)15(11-12)17(5)20(18,19)13-8-9-13/h1,7,10-11,13H,8-9H2,2-5H3. The molecular formula is C16H21NO2S. The summed E-state index contributed by atoms with van der Waals surface area (Å²) in [6, 6.07) is 5.59. The van der Waals surface area contributed by atoms with Crippen LogP contribution in [-0.4, -0.2) is 20.7 Å². The van der Waals surface area contributed by atoms with E-state index < -0.39 is 10.0 Å². The fourth-order valence-corrected chi connectivity index (χ4v) is 3.85. The number of benzene rings is 1. The molecule has 1 fully saturated rings. The molecule has 1 aromatic carbocycles. The van der Waals surface area contributed by atoms with Gasteiger partial charge in [-0.2, -0.15) is 0 Å². The molecule has 0 bridgehead atoms. The number of anilines is 1. The van der Waals surface area contributed by atoms with Crippen molar-refractivity contribution in [3.8, 4) is 12.3 Å². The minimum atomic E-state index is -3.26. The zero-order valence-corrected chi connectivity index (χ0v) is 13.3. The molecule has 20 heavy (non-hydrogen) atoms. The van der Waals surface area contributed by atoms with E-state index >= 15 is 0 Å². The zero-order valence-electron chi connectivity index (χ0n) is 12.5. The Bertz CT molecular complexity index is 659. The van der Waals surface area contributed by atoms with Crippen molar-refractivity contribution in [2.24, 2.45) is 0 Å². The molecule has 3 nitrogen and oxygen atoms in total. The molecule has 108 valence electrons. The molecule has 0 unspecified atom stereocenters. The lowest BCUT2D eigenvalue weighted by molar-refractivity contribution is 0.583. The molecule has 0 spiro atoms. The van der Waals surface area contributed by atoms with Crippen LogP contribution in [0.5, 0.6) is 0 Å². The molecule has 1 aliphatic carbocycles. The largest absolute Gasteiger partial charge is 0.273 e. The fourth-order valence-electron chi connectivity index (χ4n) is 2.24. The summed E-state index contributed by atoms with van der Waals surface area (Å²) < 4.78 is 26.3. The van der Waals surface area contributed by atoms with Gasteiger partial charge in [0, 0.05) is 12.6 Å². The van der Waals surface area contributed by atoms with Gasteiger partial charge in [0.15, 0.2) is 0 Å². The minimum Gasteiger partial charge on any atom is -0.273 e. The Hall–Kier alpha value is -1.47. The summed E-state index contributed by atoms with van der Waals surface area (Å²) in [6.45, 7) is 6.21. The minimum absolute atomic E-state index is 0.143. The van der Waals surface area contributed by atoms with Crippen LogP contribution in [-0.2, 0) is 15.4 Å². The van der Waals surface area contributed by atoms with Crippen LogP contribution in [0, 0.1) is 12.3 Å². The predicted molar refractivity (Wildman–Crippen MR) is 83.4 cm³/mol. The SMILES string of the molecule is C#Cc1ccc(C(C)(C)C)c(N(C)S(=O)(=O)C2CC2)c1. The van der Waals surface area contributed by atoms with E-state index in [0.29, 0.717) is 11.3 Å². The van der Waals surface area contributed by atoms with Gasteiger partial charge in [0.25, 0.3) is 0 Å². The average Bonchev–Trinajstić information content (AvgIpc) is 3.20. The monoisotopic (exact) mass is 291 g/mol. The topological polar surface area (TPSA) is 37.4 Å². The molecule has 0 amide bonds. The van der Waals surface area contributed by atoms with Crippen molar-refractivity contribution in [1.29, 1.82) is 0 Å². The summed E-state index contributed by atoms with van der Waals surface area (Å²) in [7, 11) is -1.64. The van der Waals surface area contributed by atoms with Crippen LogP contribution in [0.3, 0.4) is 0 Å². The van der Waals surface area contributed by atoms with Crippen LogP contribution in [0.2, 0.25) is 0 Å². The van der Waals surface area contributed by atoms with E-state index in [1.165, 1.54) is 4.31 Å². The van der Waals surface area contributed by atoms with Gasteiger partial charge in [-0.15, -0.1) is 6.42 Å². The first-order valence-corrected chi connectivity index (χ1v) is 8.27. The highest BCUT2D eigenvalue weighted by Crippen LogP contribution is 2.37. The molecule has 0 heterocycles. The Balaban J connectivity index is 2.56. The van der Waals surface area contributed by atoms with Crippen LogP contribution in [0.4, 0.5) is 5.69 Å². The zero-order chi connectivity index (χ0) is 15.1. The molecular weight excluding hydrogens is 270 g/mol. The van der Waals surface area contributed by atoms with E-state index in [-0.39, 0.29) is 10.7 Å². The van der Waals surface area contributed by atoms with Gasteiger partial charge < -0.3 is 0 Å². The average molecular weight is 291 g/mol. The summed E-state index contributed by atoms with van der Waals surface area (Å²) >= 11 is 0. The second-order valence-corrected chi connectivity index (χ2v) is 8.58. The second kappa shape index (κ2) is 4.82. The number of hydrogen-bond acceptors (Lipinski definition) is 2. The van der Waals surface area contributed by atoms with Gasteiger partial charge in [-0.05, 0) is 36.0 Å². The maximum atomic E-state index is 12.4. The van der Waals surface area contributed by atoms with Crippen molar-refractivity contribution in [2.75, 3.05) is 11.4 Å². The van der Waals surface area contributed by atoms with Gasteiger partial charge in [0.2, 0.25) is 10.0 Å². The van der Waals surface area contributed by atoms with Gasteiger partial charge in [0.05, 0.1) is 10.9 Å². The van der Waals surface area contributed by atoms with E-state index in [1.54, 1.807) is 13.1 Å².